The van der Waals surface area contributed by atoms with E-state index in [1.807, 2.05) is 18.2 Å². The Morgan fingerprint density at radius 3 is 2.88 bits per heavy atom. The van der Waals surface area contributed by atoms with Crippen LogP contribution in [0.25, 0.3) is 0 Å². The Morgan fingerprint density at radius 2 is 2.24 bits per heavy atom. The van der Waals surface area contributed by atoms with Crippen molar-refractivity contribution in [3.05, 3.63) is 35.9 Å². The molecule has 1 aromatic carbocycles. The second-order valence-electron chi connectivity index (χ2n) is 4.81. The molecule has 3 rings (SSSR count). The minimum absolute atomic E-state index is 0.0900. The van der Waals surface area contributed by atoms with Crippen LogP contribution in [-0.4, -0.2) is 40.9 Å². The second kappa shape index (κ2) is 3.74. The van der Waals surface area contributed by atoms with Crippen molar-refractivity contribution in [2.45, 2.75) is 24.5 Å². The van der Waals surface area contributed by atoms with E-state index in [0.29, 0.717) is 13.1 Å². The van der Waals surface area contributed by atoms with E-state index >= 15 is 0 Å². The van der Waals surface area contributed by atoms with E-state index in [0.717, 1.165) is 12.8 Å². The van der Waals surface area contributed by atoms with Crippen molar-refractivity contribution >= 4 is 6.09 Å². The molecule has 0 spiro atoms. The highest BCUT2D eigenvalue weighted by atomic mass is 16.6. The monoisotopic (exact) mass is 233 g/mol. The number of ether oxygens (including phenoxy) is 1. The number of rotatable bonds is 2. The summed E-state index contributed by atoms with van der Waals surface area (Å²) >= 11 is 0. The maximum atomic E-state index is 10.9. The van der Waals surface area contributed by atoms with Crippen LogP contribution in [0, 0.1) is 0 Å². The third kappa shape index (κ3) is 1.89. The molecular weight excluding hydrogens is 218 g/mol. The van der Waals surface area contributed by atoms with Gasteiger partial charge in [-0.25, -0.2) is 4.79 Å². The van der Waals surface area contributed by atoms with Gasteiger partial charge in [0.25, 0.3) is 0 Å². The SMILES string of the molecule is O=C(O)N1CC[C@@]2(Cc3ccccc3)O[C@H]2C1. The lowest BCUT2D eigenvalue weighted by atomic mass is 9.90. The number of fused-ring (bicyclic) bond motifs is 1. The quantitative estimate of drug-likeness (QED) is 0.792. The summed E-state index contributed by atoms with van der Waals surface area (Å²) in [4.78, 5) is 12.3. The molecule has 1 amide bonds. The third-order valence-electron chi connectivity index (χ3n) is 3.71. The van der Waals surface area contributed by atoms with Gasteiger partial charge >= 0.3 is 6.09 Å². The molecule has 2 saturated heterocycles. The van der Waals surface area contributed by atoms with Crippen molar-refractivity contribution in [2.75, 3.05) is 13.1 Å². The average Bonchev–Trinajstić information content (AvgIpc) is 3.02. The van der Waals surface area contributed by atoms with E-state index in [1.54, 1.807) is 0 Å². The lowest BCUT2D eigenvalue weighted by molar-refractivity contribution is 0.136. The van der Waals surface area contributed by atoms with Gasteiger partial charge in [-0.15, -0.1) is 0 Å². The van der Waals surface area contributed by atoms with Crippen LogP contribution in [0.3, 0.4) is 0 Å². The summed E-state index contributed by atoms with van der Waals surface area (Å²) in [6.45, 7) is 1.10. The van der Waals surface area contributed by atoms with Crippen molar-refractivity contribution in [3.8, 4) is 0 Å². The maximum absolute atomic E-state index is 10.9. The Morgan fingerprint density at radius 1 is 1.47 bits per heavy atom. The van der Waals surface area contributed by atoms with Gasteiger partial charge in [0.2, 0.25) is 0 Å². The lowest BCUT2D eigenvalue weighted by Crippen LogP contribution is -2.43. The van der Waals surface area contributed by atoms with E-state index in [2.05, 4.69) is 12.1 Å². The first-order valence-corrected chi connectivity index (χ1v) is 5.89. The fourth-order valence-corrected chi connectivity index (χ4v) is 2.65. The molecule has 0 saturated carbocycles. The van der Waals surface area contributed by atoms with Crippen molar-refractivity contribution in [2.24, 2.45) is 0 Å². The number of hydrogen-bond acceptors (Lipinski definition) is 2. The molecule has 2 atom stereocenters. The molecule has 17 heavy (non-hydrogen) atoms. The lowest BCUT2D eigenvalue weighted by Gasteiger charge is -2.26. The number of epoxide rings is 1. The first kappa shape index (κ1) is 10.6. The highest BCUT2D eigenvalue weighted by Gasteiger charge is 2.59. The van der Waals surface area contributed by atoms with E-state index in [-0.39, 0.29) is 11.7 Å². The van der Waals surface area contributed by atoms with Crippen molar-refractivity contribution in [1.82, 2.24) is 4.90 Å². The summed E-state index contributed by atoms with van der Waals surface area (Å²) in [6, 6.07) is 10.2. The van der Waals surface area contributed by atoms with Gasteiger partial charge in [-0.05, 0) is 12.0 Å². The van der Waals surface area contributed by atoms with Gasteiger partial charge in [0.1, 0.15) is 11.7 Å². The molecule has 4 heteroatoms. The molecule has 2 heterocycles. The van der Waals surface area contributed by atoms with Crippen LogP contribution in [0.4, 0.5) is 4.79 Å². The van der Waals surface area contributed by atoms with Crippen LogP contribution in [0.2, 0.25) is 0 Å². The van der Waals surface area contributed by atoms with Crippen LogP contribution in [0.1, 0.15) is 12.0 Å². The zero-order valence-corrected chi connectivity index (χ0v) is 9.50. The number of likely N-dealkylation sites (tertiary alicyclic amines) is 1. The summed E-state index contributed by atoms with van der Waals surface area (Å²) in [5.41, 5.74) is 1.17. The highest BCUT2D eigenvalue weighted by Crippen LogP contribution is 2.45. The summed E-state index contributed by atoms with van der Waals surface area (Å²) in [7, 11) is 0. The normalized spacial score (nSPS) is 30.8. The van der Waals surface area contributed by atoms with Crippen molar-refractivity contribution in [1.29, 1.82) is 0 Å². The minimum Gasteiger partial charge on any atom is -0.465 e. The van der Waals surface area contributed by atoms with Crippen LogP contribution in [0.5, 0.6) is 0 Å². The molecule has 90 valence electrons. The summed E-state index contributed by atoms with van der Waals surface area (Å²) in [5, 5.41) is 8.92. The van der Waals surface area contributed by atoms with Crippen molar-refractivity contribution in [3.63, 3.8) is 0 Å². The third-order valence-corrected chi connectivity index (χ3v) is 3.71. The number of piperidine rings is 1. The molecular formula is C13H15NO3. The number of carbonyl (C=O) groups is 1. The maximum Gasteiger partial charge on any atom is 0.407 e. The van der Waals surface area contributed by atoms with Crippen LogP contribution in [-0.2, 0) is 11.2 Å². The van der Waals surface area contributed by atoms with Crippen LogP contribution >= 0.6 is 0 Å². The van der Waals surface area contributed by atoms with Gasteiger partial charge in [0, 0.05) is 13.0 Å². The molecule has 1 N–H and O–H groups in total. The Balaban J connectivity index is 1.66. The zero-order valence-electron chi connectivity index (χ0n) is 9.50. The standard InChI is InChI=1S/C13H15NO3/c15-12(16)14-7-6-13(11(9-14)17-13)8-10-4-2-1-3-5-10/h1-5,11H,6-9H2,(H,15,16)/t11-,13-/m0/s1. The molecule has 0 radical (unpaired) electrons. The Labute approximate surface area is 99.8 Å². The van der Waals surface area contributed by atoms with Crippen molar-refractivity contribution < 1.29 is 14.6 Å². The molecule has 1 aromatic rings. The minimum atomic E-state index is -0.839. The summed E-state index contributed by atoms with van der Waals surface area (Å²) in [5.74, 6) is 0. The predicted octanol–water partition coefficient (Wildman–Crippen LogP) is 1.75. The van der Waals surface area contributed by atoms with Gasteiger partial charge < -0.3 is 14.7 Å². The molecule has 0 aliphatic carbocycles. The predicted molar refractivity (Wildman–Crippen MR) is 62.0 cm³/mol. The van der Waals surface area contributed by atoms with E-state index in [1.165, 1.54) is 10.5 Å². The number of carboxylic acid groups (broad SMARTS) is 1. The van der Waals surface area contributed by atoms with E-state index < -0.39 is 6.09 Å². The average molecular weight is 233 g/mol. The number of nitrogens with zero attached hydrogens (tertiary/aromatic N) is 1. The molecule has 0 aromatic heterocycles. The summed E-state index contributed by atoms with van der Waals surface area (Å²) < 4.78 is 5.74. The Kier molecular flexibility index (Phi) is 2.33. The van der Waals surface area contributed by atoms with Crippen LogP contribution in [0.15, 0.2) is 30.3 Å². The fraction of sp³-hybridized carbons (Fsp3) is 0.462. The Hall–Kier alpha value is -1.55. The summed E-state index contributed by atoms with van der Waals surface area (Å²) in [6.07, 6.45) is 0.950. The smallest absolute Gasteiger partial charge is 0.407 e. The van der Waals surface area contributed by atoms with Gasteiger partial charge in [0.05, 0.1) is 6.54 Å². The molecule has 0 bridgehead atoms. The Bertz CT molecular complexity index is 434. The topological polar surface area (TPSA) is 53.1 Å². The first-order chi connectivity index (χ1) is 8.20. The molecule has 4 nitrogen and oxygen atoms in total. The van der Waals surface area contributed by atoms with Gasteiger partial charge in [-0.1, -0.05) is 30.3 Å². The highest BCUT2D eigenvalue weighted by molar-refractivity contribution is 5.65. The number of hydrogen-bond donors (Lipinski definition) is 1. The second-order valence-corrected chi connectivity index (χ2v) is 4.81. The number of amides is 1. The first-order valence-electron chi connectivity index (χ1n) is 5.89. The van der Waals surface area contributed by atoms with E-state index in [4.69, 9.17) is 9.84 Å². The van der Waals surface area contributed by atoms with Gasteiger partial charge in [-0.3, -0.25) is 0 Å². The van der Waals surface area contributed by atoms with Gasteiger partial charge in [0.15, 0.2) is 0 Å². The fourth-order valence-electron chi connectivity index (χ4n) is 2.65. The number of benzene rings is 1. The van der Waals surface area contributed by atoms with Crippen LogP contribution < -0.4 is 0 Å². The molecule has 2 fully saturated rings. The zero-order chi connectivity index (χ0) is 11.9. The van der Waals surface area contributed by atoms with Gasteiger partial charge in [-0.2, -0.15) is 0 Å². The largest absolute Gasteiger partial charge is 0.465 e. The molecule has 2 aliphatic rings. The van der Waals surface area contributed by atoms with E-state index in [9.17, 15) is 4.79 Å². The molecule has 0 unspecified atom stereocenters. The molecule has 2 aliphatic heterocycles.